The van der Waals surface area contributed by atoms with E-state index in [1.165, 1.54) is 250 Å². The Morgan fingerprint density at radius 1 is 0.267 bits per heavy atom. The largest absolute Gasteiger partial charge is 0.472 e. The molecule has 0 amide bonds. The van der Waals surface area contributed by atoms with Gasteiger partial charge >= 0.3 is 39.5 Å². The molecule has 5 atom stereocenters. The molecule has 0 bridgehead atoms. The van der Waals surface area contributed by atoms with Crippen LogP contribution in [0.5, 0.6) is 0 Å². The number of carbonyl (C=O) groups excluding carboxylic acids is 4. The fraction of sp³-hybridized carbons (Fsp3) is 0.951. The highest BCUT2D eigenvalue weighted by atomic mass is 31.2. The molecule has 0 spiro atoms. The van der Waals surface area contributed by atoms with Gasteiger partial charge in [-0.1, -0.05) is 382 Å². The smallest absolute Gasteiger partial charge is 0.462 e. The zero-order valence-corrected chi connectivity index (χ0v) is 68.0. The van der Waals surface area contributed by atoms with Gasteiger partial charge in [0.25, 0.3) is 0 Å². The Bertz CT molecular complexity index is 1940. The van der Waals surface area contributed by atoms with Gasteiger partial charge in [0, 0.05) is 25.7 Å². The maximum Gasteiger partial charge on any atom is 0.472 e. The predicted molar refractivity (Wildman–Crippen MR) is 414 cm³/mol. The van der Waals surface area contributed by atoms with Crippen LogP contribution in [-0.2, 0) is 65.4 Å². The van der Waals surface area contributed by atoms with Crippen LogP contribution in [0.3, 0.4) is 0 Å². The van der Waals surface area contributed by atoms with Crippen LogP contribution in [0.4, 0.5) is 0 Å². The second-order valence-corrected chi connectivity index (χ2v) is 33.4. The van der Waals surface area contributed by atoms with E-state index in [4.69, 9.17) is 37.0 Å². The van der Waals surface area contributed by atoms with Crippen molar-refractivity contribution in [1.82, 2.24) is 0 Å². The molecule has 0 aromatic rings. The van der Waals surface area contributed by atoms with Crippen molar-refractivity contribution in [3.05, 3.63) is 0 Å². The van der Waals surface area contributed by atoms with Crippen LogP contribution in [0.1, 0.15) is 433 Å². The van der Waals surface area contributed by atoms with E-state index in [1.807, 2.05) is 0 Å². The minimum absolute atomic E-state index is 0.107. The number of aliphatic hydroxyl groups excluding tert-OH is 1. The summed E-state index contributed by atoms with van der Waals surface area (Å²) in [5, 5.41) is 10.7. The molecule has 3 N–H and O–H groups in total. The molecule has 17 nitrogen and oxygen atoms in total. The van der Waals surface area contributed by atoms with Crippen LogP contribution in [-0.4, -0.2) is 96.7 Å². The lowest BCUT2D eigenvalue weighted by Gasteiger charge is -2.21. The summed E-state index contributed by atoms with van der Waals surface area (Å²) in [4.78, 5) is 73.1. The lowest BCUT2D eigenvalue weighted by Crippen LogP contribution is -2.30. The van der Waals surface area contributed by atoms with Crippen molar-refractivity contribution in [3.63, 3.8) is 0 Å². The van der Waals surface area contributed by atoms with Gasteiger partial charge in [-0.15, -0.1) is 0 Å². The number of ether oxygens (including phenoxy) is 4. The third-order valence-electron chi connectivity index (χ3n) is 19.2. The monoisotopic (exact) mass is 1480 g/mol. The quantitative estimate of drug-likeness (QED) is 0.0222. The first-order valence-electron chi connectivity index (χ1n) is 42.5. The Balaban J connectivity index is 5.27. The van der Waals surface area contributed by atoms with Crippen molar-refractivity contribution in [2.75, 3.05) is 39.6 Å². The molecule has 0 heterocycles. The summed E-state index contributed by atoms with van der Waals surface area (Å²) in [5.41, 5.74) is 0. The molecule has 101 heavy (non-hydrogen) atoms. The highest BCUT2D eigenvalue weighted by Gasteiger charge is 2.30. The van der Waals surface area contributed by atoms with Crippen molar-refractivity contribution in [1.29, 1.82) is 0 Å². The highest BCUT2D eigenvalue weighted by molar-refractivity contribution is 7.47. The van der Waals surface area contributed by atoms with Gasteiger partial charge in [0.2, 0.25) is 0 Å². The number of carbonyl (C=O) groups is 4. The van der Waals surface area contributed by atoms with Crippen LogP contribution in [0.25, 0.3) is 0 Å². The summed E-state index contributed by atoms with van der Waals surface area (Å²) in [6.45, 7) is 9.67. The van der Waals surface area contributed by atoms with Gasteiger partial charge in [0.05, 0.1) is 26.4 Å². The third-order valence-corrected chi connectivity index (χ3v) is 21.1. The Morgan fingerprint density at radius 2 is 0.455 bits per heavy atom. The van der Waals surface area contributed by atoms with Gasteiger partial charge in [0.15, 0.2) is 12.2 Å². The summed E-state index contributed by atoms with van der Waals surface area (Å²) in [6.07, 6.45) is 63.7. The standard InChI is InChI=1S/C82H160O17P2/c1-7-9-11-13-15-17-19-21-22-23-24-25-27-36-42-48-54-60-66-81(86)98-77(71-93-80(85)65-59-53-47-41-35-30-28-32-38-44-50-56-62-74(3)4)72-96-100(88,89)94-68-76(83)69-95-101(90,91)97-73-78(70-92-79(84)64-58-52-46-40-34-26-20-18-16-14-12-10-8-2)99-82(87)67-61-55-49-43-37-31-29-33-39-45-51-57-63-75(5)6/h74-78,83H,7-73H2,1-6H3,(H,88,89)(H,90,91)/t76-,77-,78-/m1/s1. The fourth-order valence-corrected chi connectivity index (χ4v) is 14.3. The molecular weight excluding hydrogens is 1320 g/mol. The zero-order chi connectivity index (χ0) is 74.2. The Labute approximate surface area is 619 Å². The summed E-state index contributed by atoms with van der Waals surface area (Å²) in [5.74, 6) is -0.546. The van der Waals surface area contributed by atoms with Crippen LogP contribution < -0.4 is 0 Å². The van der Waals surface area contributed by atoms with Gasteiger partial charge in [-0.3, -0.25) is 37.3 Å². The van der Waals surface area contributed by atoms with E-state index < -0.39 is 97.5 Å². The van der Waals surface area contributed by atoms with Gasteiger partial charge in [-0.25, -0.2) is 9.13 Å². The van der Waals surface area contributed by atoms with Crippen LogP contribution in [0, 0.1) is 11.8 Å². The molecule has 0 aliphatic rings. The number of hydrogen-bond acceptors (Lipinski definition) is 15. The average molecular weight is 1480 g/mol. The SMILES string of the molecule is CCCCCCCCCCCCCCCCCCCCC(=O)O[C@H](COC(=O)CCCCCCCCCCCCCCC(C)C)COP(=O)(O)OC[C@@H](O)COP(=O)(O)OC[C@@H](COC(=O)CCCCCCCCCCCCCCC)OC(=O)CCCCCCCCCCCCCCC(C)C. The molecular formula is C82H160O17P2. The molecule has 600 valence electrons. The first-order chi connectivity index (χ1) is 48.9. The highest BCUT2D eigenvalue weighted by Crippen LogP contribution is 2.45. The van der Waals surface area contributed by atoms with Crippen LogP contribution in [0.2, 0.25) is 0 Å². The van der Waals surface area contributed by atoms with E-state index in [9.17, 15) is 43.2 Å². The predicted octanol–water partition coefficient (Wildman–Crippen LogP) is 24.7. The Morgan fingerprint density at radius 3 is 0.673 bits per heavy atom. The summed E-state index contributed by atoms with van der Waals surface area (Å²) in [7, 11) is -9.92. The van der Waals surface area contributed by atoms with Crippen LogP contribution >= 0.6 is 15.6 Å². The van der Waals surface area contributed by atoms with Crippen LogP contribution in [0.15, 0.2) is 0 Å². The van der Waals surface area contributed by atoms with E-state index in [2.05, 4.69) is 41.5 Å². The van der Waals surface area contributed by atoms with Crippen molar-refractivity contribution < 1.29 is 80.2 Å². The fourth-order valence-electron chi connectivity index (χ4n) is 12.7. The second kappa shape index (κ2) is 73.6. The van der Waals surface area contributed by atoms with E-state index in [-0.39, 0.29) is 25.7 Å². The minimum Gasteiger partial charge on any atom is -0.462 e. The number of phosphoric acid groups is 2. The molecule has 0 saturated carbocycles. The summed E-state index contributed by atoms with van der Waals surface area (Å²) < 4.78 is 68.8. The lowest BCUT2D eigenvalue weighted by molar-refractivity contribution is -0.161. The molecule has 0 fully saturated rings. The Hall–Kier alpha value is -1.94. The minimum atomic E-state index is -4.96. The Kier molecular flexibility index (Phi) is 72.2. The molecule has 0 aromatic heterocycles. The molecule has 19 heteroatoms. The average Bonchev–Trinajstić information content (AvgIpc) is 1.10. The molecule has 0 aliphatic carbocycles. The molecule has 0 aromatic carbocycles. The van der Waals surface area contributed by atoms with Gasteiger partial charge in [0.1, 0.15) is 19.3 Å². The number of unbranched alkanes of at least 4 members (excludes halogenated alkanes) is 51. The van der Waals surface area contributed by atoms with Crippen molar-refractivity contribution in [2.24, 2.45) is 11.8 Å². The van der Waals surface area contributed by atoms with Gasteiger partial charge in [-0.2, -0.15) is 0 Å². The summed E-state index contributed by atoms with van der Waals surface area (Å²) in [6, 6.07) is 0. The molecule has 0 saturated heterocycles. The first-order valence-corrected chi connectivity index (χ1v) is 45.5. The van der Waals surface area contributed by atoms with Crippen molar-refractivity contribution >= 4 is 39.5 Å². The maximum absolute atomic E-state index is 13.1. The number of hydrogen-bond donors (Lipinski definition) is 3. The lowest BCUT2D eigenvalue weighted by atomic mass is 10.0. The zero-order valence-electron chi connectivity index (χ0n) is 66.2. The number of esters is 4. The van der Waals surface area contributed by atoms with Gasteiger partial charge in [-0.05, 0) is 37.5 Å². The van der Waals surface area contributed by atoms with E-state index in [0.29, 0.717) is 25.7 Å². The third kappa shape index (κ3) is 76.1. The molecule has 0 radical (unpaired) electrons. The molecule has 2 unspecified atom stereocenters. The van der Waals surface area contributed by atoms with E-state index in [0.717, 1.165) is 102 Å². The second-order valence-electron chi connectivity index (χ2n) is 30.5. The normalized spacial score (nSPS) is 13.9. The van der Waals surface area contributed by atoms with E-state index >= 15 is 0 Å². The number of aliphatic hydroxyl groups is 1. The van der Waals surface area contributed by atoms with Gasteiger partial charge < -0.3 is 33.8 Å². The van der Waals surface area contributed by atoms with E-state index in [1.54, 1.807) is 0 Å². The molecule has 0 rings (SSSR count). The topological polar surface area (TPSA) is 237 Å². The summed E-state index contributed by atoms with van der Waals surface area (Å²) >= 11 is 0. The number of phosphoric ester groups is 2. The molecule has 0 aliphatic heterocycles. The van der Waals surface area contributed by atoms with Crippen molar-refractivity contribution in [2.45, 2.75) is 452 Å². The maximum atomic E-state index is 13.1. The van der Waals surface area contributed by atoms with Crippen molar-refractivity contribution in [3.8, 4) is 0 Å². The first kappa shape index (κ1) is 99.1. The number of rotatable bonds is 81.